The fourth-order valence-electron chi connectivity index (χ4n) is 5.44. The van der Waals surface area contributed by atoms with Gasteiger partial charge < -0.3 is 20.5 Å². The van der Waals surface area contributed by atoms with Gasteiger partial charge in [0.25, 0.3) is 11.8 Å². The standard InChI is InChI=1S/C25H26F3N5O4/c1-36-20-5-4-18-17(13-31-33(18)19(20)6-7-25(26,27)28)22(35)32-14-9-24(10-14)11-15(12-24)37-23-16(21(29)34)3-2-8-30-23/h2-5,8,13-15H,6-7,9-12H2,1H3,(H2,29,34)(H,32,35). The van der Waals surface area contributed by atoms with Crippen molar-refractivity contribution in [1.29, 1.82) is 0 Å². The van der Waals surface area contributed by atoms with Gasteiger partial charge in [-0.2, -0.15) is 18.3 Å². The molecule has 196 valence electrons. The molecule has 9 nitrogen and oxygen atoms in total. The highest BCUT2D eigenvalue weighted by atomic mass is 19.4. The number of nitrogens with one attached hydrogen (secondary N) is 1. The summed E-state index contributed by atoms with van der Waals surface area (Å²) in [5.41, 5.74) is 6.66. The normalized spacial score (nSPS) is 22.8. The van der Waals surface area contributed by atoms with Crippen LogP contribution in [0.5, 0.6) is 11.6 Å². The highest BCUT2D eigenvalue weighted by Gasteiger charge is 2.54. The molecule has 2 aliphatic carbocycles. The number of carbonyl (C=O) groups excluding carboxylic acids is 2. The number of alkyl halides is 3. The Morgan fingerprint density at radius 2 is 1.95 bits per heavy atom. The van der Waals surface area contributed by atoms with Crippen LogP contribution in [0.2, 0.25) is 0 Å². The van der Waals surface area contributed by atoms with Gasteiger partial charge in [-0.1, -0.05) is 0 Å². The topological polar surface area (TPSA) is 121 Å². The molecule has 2 amide bonds. The SMILES string of the molecule is COc1ccc2c(C(=O)NC3CC4(C3)CC(Oc3ncccc3C(N)=O)C4)cnn2c1CCC(F)(F)F. The molecule has 0 aromatic carbocycles. The zero-order chi connectivity index (χ0) is 26.4. The number of fused-ring (bicyclic) bond motifs is 1. The van der Waals surface area contributed by atoms with E-state index in [1.165, 1.54) is 17.8 Å². The van der Waals surface area contributed by atoms with Crippen LogP contribution in [0.15, 0.2) is 36.7 Å². The van der Waals surface area contributed by atoms with Crippen LogP contribution in [0.3, 0.4) is 0 Å². The van der Waals surface area contributed by atoms with Crippen molar-refractivity contribution in [3.63, 3.8) is 0 Å². The van der Waals surface area contributed by atoms with Crippen molar-refractivity contribution in [2.45, 2.75) is 56.8 Å². The van der Waals surface area contributed by atoms with E-state index in [1.807, 2.05) is 0 Å². The number of rotatable bonds is 8. The Morgan fingerprint density at radius 1 is 1.19 bits per heavy atom. The summed E-state index contributed by atoms with van der Waals surface area (Å²) in [5.74, 6) is -0.405. The molecule has 0 atom stereocenters. The van der Waals surface area contributed by atoms with E-state index < -0.39 is 18.5 Å². The molecule has 3 aromatic rings. The van der Waals surface area contributed by atoms with Crippen molar-refractivity contribution >= 4 is 17.3 Å². The van der Waals surface area contributed by atoms with Gasteiger partial charge in [-0.15, -0.1) is 0 Å². The fraction of sp³-hybridized carbons (Fsp3) is 0.440. The van der Waals surface area contributed by atoms with Crippen LogP contribution in [0.1, 0.15) is 58.5 Å². The first-order chi connectivity index (χ1) is 17.6. The van der Waals surface area contributed by atoms with Crippen molar-refractivity contribution in [2.24, 2.45) is 11.1 Å². The lowest BCUT2D eigenvalue weighted by Crippen LogP contribution is -2.58. The summed E-state index contributed by atoms with van der Waals surface area (Å²) in [6, 6.07) is 6.34. The molecule has 3 N–H and O–H groups in total. The smallest absolute Gasteiger partial charge is 0.389 e. The first-order valence-corrected chi connectivity index (χ1v) is 11.9. The Labute approximate surface area is 210 Å². The van der Waals surface area contributed by atoms with Crippen LogP contribution in [-0.4, -0.2) is 51.8 Å². The molecule has 12 heteroatoms. The van der Waals surface area contributed by atoms with E-state index in [1.54, 1.807) is 30.5 Å². The van der Waals surface area contributed by atoms with Gasteiger partial charge in [0.1, 0.15) is 17.4 Å². The maximum Gasteiger partial charge on any atom is 0.389 e. The molecular weight excluding hydrogens is 491 g/mol. The first-order valence-electron chi connectivity index (χ1n) is 11.9. The lowest BCUT2D eigenvalue weighted by atomic mass is 9.53. The zero-order valence-corrected chi connectivity index (χ0v) is 20.0. The fourth-order valence-corrected chi connectivity index (χ4v) is 5.44. The molecule has 37 heavy (non-hydrogen) atoms. The van der Waals surface area contributed by atoms with Crippen LogP contribution >= 0.6 is 0 Å². The molecule has 2 saturated carbocycles. The van der Waals surface area contributed by atoms with Gasteiger partial charge in [0, 0.05) is 25.1 Å². The molecular formula is C25H26F3N5O4. The number of aryl methyl sites for hydroxylation is 1. The minimum Gasteiger partial charge on any atom is -0.495 e. The van der Waals surface area contributed by atoms with Crippen LogP contribution in [-0.2, 0) is 6.42 Å². The average Bonchev–Trinajstić information content (AvgIpc) is 3.23. The molecule has 0 aliphatic heterocycles. The summed E-state index contributed by atoms with van der Waals surface area (Å²) in [5, 5.41) is 7.19. The number of hydrogen-bond acceptors (Lipinski definition) is 6. The van der Waals surface area contributed by atoms with E-state index in [-0.39, 0.29) is 52.8 Å². The molecule has 0 saturated heterocycles. The molecule has 0 radical (unpaired) electrons. The molecule has 1 spiro atoms. The van der Waals surface area contributed by atoms with Crippen LogP contribution in [0, 0.1) is 5.41 Å². The third kappa shape index (κ3) is 4.92. The largest absolute Gasteiger partial charge is 0.495 e. The Morgan fingerprint density at radius 3 is 2.62 bits per heavy atom. The molecule has 3 heterocycles. The van der Waals surface area contributed by atoms with Crippen LogP contribution < -0.4 is 20.5 Å². The van der Waals surface area contributed by atoms with E-state index in [0.717, 1.165) is 25.7 Å². The molecule has 0 bridgehead atoms. The lowest BCUT2D eigenvalue weighted by molar-refractivity contribution is -0.134. The minimum absolute atomic E-state index is 0.0256. The van der Waals surface area contributed by atoms with Crippen molar-refractivity contribution in [1.82, 2.24) is 19.9 Å². The average molecular weight is 518 g/mol. The Kier molecular flexibility index (Phi) is 6.20. The highest BCUT2D eigenvalue weighted by Crippen LogP contribution is 2.56. The predicted molar refractivity (Wildman–Crippen MR) is 125 cm³/mol. The van der Waals surface area contributed by atoms with Crippen molar-refractivity contribution in [3.05, 3.63) is 53.5 Å². The Bertz CT molecular complexity index is 1340. The van der Waals surface area contributed by atoms with Crippen molar-refractivity contribution in [2.75, 3.05) is 7.11 Å². The number of aromatic nitrogens is 3. The number of amides is 2. The summed E-state index contributed by atoms with van der Waals surface area (Å²) < 4.78 is 50.9. The summed E-state index contributed by atoms with van der Waals surface area (Å²) in [6.07, 6.45) is 0.306. The Balaban J connectivity index is 1.19. The monoisotopic (exact) mass is 517 g/mol. The molecule has 0 unspecified atom stereocenters. The van der Waals surface area contributed by atoms with Crippen molar-refractivity contribution < 1.29 is 32.2 Å². The van der Waals surface area contributed by atoms with Gasteiger partial charge in [0.2, 0.25) is 5.88 Å². The number of hydrogen-bond donors (Lipinski definition) is 2. The highest BCUT2D eigenvalue weighted by molar-refractivity contribution is 6.01. The van der Waals surface area contributed by atoms with E-state index in [2.05, 4.69) is 15.4 Å². The van der Waals surface area contributed by atoms with Gasteiger partial charge in [-0.05, 0) is 55.4 Å². The summed E-state index contributed by atoms with van der Waals surface area (Å²) in [7, 11) is 1.38. The number of halogens is 3. The quantitative estimate of drug-likeness (QED) is 0.472. The molecule has 3 aromatic heterocycles. The summed E-state index contributed by atoms with van der Waals surface area (Å²) in [4.78, 5) is 28.6. The molecule has 2 aliphatic rings. The third-order valence-corrected chi connectivity index (χ3v) is 7.18. The number of nitrogens with two attached hydrogens (primary N) is 1. The number of pyridine rings is 2. The predicted octanol–water partition coefficient (Wildman–Crippen LogP) is 3.45. The number of carbonyl (C=O) groups is 2. The maximum absolute atomic E-state index is 13.0. The first kappa shape index (κ1) is 24.8. The minimum atomic E-state index is -4.33. The number of methoxy groups -OCH3 is 1. The van der Waals surface area contributed by atoms with E-state index in [4.69, 9.17) is 15.2 Å². The summed E-state index contributed by atoms with van der Waals surface area (Å²) >= 11 is 0. The Hall–Kier alpha value is -3.83. The van der Waals surface area contributed by atoms with Crippen LogP contribution in [0.25, 0.3) is 5.52 Å². The zero-order valence-electron chi connectivity index (χ0n) is 20.0. The lowest BCUT2D eigenvalue weighted by Gasteiger charge is -2.57. The number of primary amides is 1. The van der Waals surface area contributed by atoms with E-state index >= 15 is 0 Å². The maximum atomic E-state index is 13.0. The van der Waals surface area contributed by atoms with E-state index in [9.17, 15) is 22.8 Å². The molecule has 2 fully saturated rings. The van der Waals surface area contributed by atoms with Gasteiger partial charge in [0.15, 0.2) is 0 Å². The second-order valence-corrected chi connectivity index (χ2v) is 9.77. The van der Waals surface area contributed by atoms with Crippen LogP contribution in [0.4, 0.5) is 13.2 Å². The van der Waals surface area contributed by atoms with Gasteiger partial charge in [-0.3, -0.25) is 9.59 Å². The van der Waals surface area contributed by atoms with Crippen molar-refractivity contribution in [3.8, 4) is 11.6 Å². The van der Waals surface area contributed by atoms with Gasteiger partial charge in [0.05, 0.1) is 30.1 Å². The van der Waals surface area contributed by atoms with Gasteiger partial charge >= 0.3 is 6.18 Å². The third-order valence-electron chi connectivity index (χ3n) is 7.18. The van der Waals surface area contributed by atoms with Gasteiger partial charge in [-0.25, -0.2) is 9.50 Å². The summed E-state index contributed by atoms with van der Waals surface area (Å²) in [6.45, 7) is 0. The second-order valence-electron chi connectivity index (χ2n) is 9.77. The number of nitrogens with zero attached hydrogens (tertiary/aromatic N) is 3. The second kappa shape index (κ2) is 9.24. The number of ether oxygens (including phenoxy) is 2. The molecule has 5 rings (SSSR count). The van der Waals surface area contributed by atoms with E-state index in [0.29, 0.717) is 11.1 Å².